The van der Waals surface area contributed by atoms with Gasteiger partial charge in [-0.15, -0.1) is 0 Å². The average Bonchev–Trinajstić information content (AvgIpc) is 2.91. The van der Waals surface area contributed by atoms with Crippen LogP contribution in [0.5, 0.6) is 0 Å². The fourth-order valence-electron chi connectivity index (χ4n) is 2.25. The topological polar surface area (TPSA) is 84.3 Å². The van der Waals surface area contributed by atoms with Crippen molar-refractivity contribution in [2.45, 2.75) is 12.8 Å². The number of non-ortho nitro benzene ring substituents is 1. The molecule has 0 aromatic heterocycles. The Kier molecular flexibility index (Phi) is 4.62. The van der Waals surface area contributed by atoms with Gasteiger partial charge in [0.15, 0.2) is 0 Å². The van der Waals surface area contributed by atoms with Crippen molar-refractivity contribution in [2.75, 3.05) is 19.6 Å². The lowest BCUT2D eigenvalue weighted by Crippen LogP contribution is -2.27. The van der Waals surface area contributed by atoms with Crippen LogP contribution in [0.2, 0.25) is 0 Å². The molecule has 1 fully saturated rings. The van der Waals surface area contributed by atoms with E-state index in [0.29, 0.717) is 12.5 Å². The first kappa shape index (κ1) is 14.4. The van der Waals surface area contributed by atoms with E-state index in [1.807, 2.05) is 0 Å². The second-order valence-electron chi connectivity index (χ2n) is 4.82. The minimum absolute atomic E-state index is 0.167. The van der Waals surface area contributed by atoms with Crippen molar-refractivity contribution in [2.24, 2.45) is 5.92 Å². The van der Waals surface area contributed by atoms with E-state index < -0.39 is 16.6 Å². The number of carbonyl (C=O) groups excluding carboxylic acids is 1. The molecule has 0 aliphatic carbocycles. The lowest BCUT2D eigenvalue weighted by Gasteiger charge is -2.09. The number of nitro benzene ring substituents is 1. The molecule has 2 rings (SSSR count). The molecule has 1 aromatic carbocycles. The predicted octanol–water partition coefficient (Wildman–Crippen LogP) is 1.46. The van der Waals surface area contributed by atoms with Gasteiger partial charge in [-0.05, 0) is 37.9 Å². The number of hydrogen-bond donors (Lipinski definition) is 2. The Morgan fingerprint density at radius 1 is 1.55 bits per heavy atom. The number of nitrogens with one attached hydrogen (secondary N) is 2. The van der Waals surface area contributed by atoms with E-state index in [0.717, 1.165) is 44.1 Å². The Balaban J connectivity index is 1.89. The van der Waals surface area contributed by atoms with Gasteiger partial charge in [-0.3, -0.25) is 14.9 Å². The monoisotopic (exact) mass is 281 g/mol. The predicted molar refractivity (Wildman–Crippen MR) is 71.0 cm³/mol. The lowest BCUT2D eigenvalue weighted by atomic mass is 10.1. The fraction of sp³-hybridized carbons (Fsp3) is 0.462. The molecule has 1 saturated heterocycles. The molecule has 1 aliphatic heterocycles. The highest BCUT2D eigenvalue weighted by molar-refractivity contribution is 5.94. The van der Waals surface area contributed by atoms with Gasteiger partial charge < -0.3 is 10.6 Å². The first-order valence-electron chi connectivity index (χ1n) is 6.51. The molecule has 0 radical (unpaired) electrons. The van der Waals surface area contributed by atoms with Crippen molar-refractivity contribution in [3.05, 3.63) is 39.7 Å². The van der Waals surface area contributed by atoms with Gasteiger partial charge in [-0.2, -0.15) is 0 Å². The quantitative estimate of drug-likeness (QED) is 0.632. The standard InChI is InChI=1S/C13H16FN3O3/c14-12-7-10(17(19)20)1-2-11(12)13(18)16-6-4-9-3-5-15-8-9/h1-2,7,9,15H,3-6,8H2,(H,16,18). The second-order valence-corrected chi connectivity index (χ2v) is 4.82. The summed E-state index contributed by atoms with van der Waals surface area (Å²) in [5, 5.41) is 16.4. The summed E-state index contributed by atoms with van der Waals surface area (Å²) >= 11 is 0. The molecule has 20 heavy (non-hydrogen) atoms. The van der Waals surface area contributed by atoms with Crippen LogP contribution in [-0.2, 0) is 0 Å². The maximum atomic E-state index is 13.6. The van der Waals surface area contributed by atoms with Crippen molar-refractivity contribution in [3.8, 4) is 0 Å². The molecule has 0 saturated carbocycles. The fourth-order valence-corrected chi connectivity index (χ4v) is 2.25. The number of amides is 1. The summed E-state index contributed by atoms with van der Waals surface area (Å²) in [6.45, 7) is 2.42. The maximum Gasteiger partial charge on any atom is 0.272 e. The maximum absolute atomic E-state index is 13.6. The Labute approximate surface area is 115 Å². The Morgan fingerprint density at radius 2 is 2.35 bits per heavy atom. The number of nitrogens with zero attached hydrogens (tertiary/aromatic N) is 1. The molecule has 1 unspecified atom stereocenters. The van der Waals surface area contributed by atoms with Crippen LogP contribution in [0.15, 0.2) is 18.2 Å². The summed E-state index contributed by atoms with van der Waals surface area (Å²) in [5.74, 6) is -0.875. The number of halogens is 1. The van der Waals surface area contributed by atoms with Crippen LogP contribution >= 0.6 is 0 Å². The van der Waals surface area contributed by atoms with E-state index in [1.54, 1.807) is 0 Å². The summed E-state index contributed by atoms with van der Waals surface area (Å²) < 4.78 is 13.6. The molecule has 0 spiro atoms. The van der Waals surface area contributed by atoms with Gasteiger partial charge in [-0.25, -0.2) is 4.39 Å². The molecule has 108 valence electrons. The molecule has 1 amide bonds. The van der Waals surface area contributed by atoms with Gasteiger partial charge in [0.05, 0.1) is 16.6 Å². The van der Waals surface area contributed by atoms with E-state index in [-0.39, 0.29) is 11.3 Å². The number of rotatable bonds is 5. The molecular formula is C13H16FN3O3. The van der Waals surface area contributed by atoms with Crippen molar-refractivity contribution >= 4 is 11.6 Å². The Bertz CT molecular complexity index is 516. The summed E-state index contributed by atoms with van der Waals surface area (Å²) in [6.07, 6.45) is 1.93. The molecule has 2 N–H and O–H groups in total. The summed E-state index contributed by atoms with van der Waals surface area (Å²) in [6, 6.07) is 3.02. The van der Waals surface area contributed by atoms with Gasteiger partial charge in [0.1, 0.15) is 5.82 Å². The van der Waals surface area contributed by atoms with Crippen LogP contribution in [-0.4, -0.2) is 30.5 Å². The minimum atomic E-state index is -0.876. The van der Waals surface area contributed by atoms with Crippen LogP contribution in [0.1, 0.15) is 23.2 Å². The normalized spacial score (nSPS) is 17.9. The van der Waals surface area contributed by atoms with E-state index >= 15 is 0 Å². The van der Waals surface area contributed by atoms with Crippen LogP contribution in [0, 0.1) is 21.8 Å². The number of hydrogen-bond acceptors (Lipinski definition) is 4. The van der Waals surface area contributed by atoms with Gasteiger partial charge in [0, 0.05) is 12.6 Å². The summed E-state index contributed by atoms with van der Waals surface area (Å²) in [7, 11) is 0. The van der Waals surface area contributed by atoms with Crippen molar-refractivity contribution < 1.29 is 14.1 Å². The average molecular weight is 281 g/mol. The summed E-state index contributed by atoms with van der Waals surface area (Å²) in [5.41, 5.74) is -0.531. The first-order valence-corrected chi connectivity index (χ1v) is 6.51. The molecule has 1 aromatic rings. The lowest BCUT2D eigenvalue weighted by molar-refractivity contribution is -0.385. The van der Waals surface area contributed by atoms with Crippen molar-refractivity contribution in [1.82, 2.24) is 10.6 Å². The van der Waals surface area contributed by atoms with Crippen LogP contribution in [0.4, 0.5) is 10.1 Å². The van der Waals surface area contributed by atoms with Gasteiger partial charge in [-0.1, -0.05) is 0 Å². The molecule has 0 bridgehead atoms. The summed E-state index contributed by atoms with van der Waals surface area (Å²) in [4.78, 5) is 21.6. The second kappa shape index (κ2) is 6.42. The SMILES string of the molecule is O=C(NCCC1CCNC1)c1ccc([N+](=O)[O-])cc1F. The van der Waals surface area contributed by atoms with E-state index in [4.69, 9.17) is 0 Å². The molecule has 6 nitrogen and oxygen atoms in total. The van der Waals surface area contributed by atoms with Crippen LogP contribution in [0.25, 0.3) is 0 Å². The number of benzene rings is 1. The zero-order valence-electron chi connectivity index (χ0n) is 10.9. The molecular weight excluding hydrogens is 265 g/mol. The zero-order valence-corrected chi connectivity index (χ0v) is 10.9. The first-order chi connectivity index (χ1) is 9.58. The van der Waals surface area contributed by atoms with Crippen molar-refractivity contribution in [3.63, 3.8) is 0 Å². The molecule has 1 aliphatic rings. The van der Waals surface area contributed by atoms with Gasteiger partial charge >= 0.3 is 0 Å². The van der Waals surface area contributed by atoms with Gasteiger partial charge in [0.2, 0.25) is 0 Å². The molecule has 1 atom stereocenters. The highest BCUT2D eigenvalue weighted by Gasteiger charge is 2.17. The van der Waals surface area contributed by atoms with Gasteiger partial charge in [0.25, 0.3) is 11.6 Å². The molecule has 1 heterocycles. The highest BCUT2D eigenvalue weighted by atomic mass is 19.1. The largest absolute Gasteiger partial charge is 0.352 e. The highest BCUT2D eigenvalue weighted by Crippen LogP contribution is 2.16. The number of nitro groups is 1. The Hall–Kier alpha value is -2.02. The third-order valence-electron chi connectivity index (χ3n) is 3.41. The van der Waals surface area contributed by atoms with Crippen LogP contribution in [0.3, 0.4) is 0 Å². The third kappa shape index (κ3) is 3.51. The van der Waals surface area contributed by atoms with E-state index in [1.165, 1.54) is 0 Å². The third-order valence-corrected chi connectivity index (χ3v) is 3.41. The number of carbonyl (C=O) groups is 1. The Morgan fingerprint density at radius 3 is 2.95 bits per heavy atom. The van der Waals surface area contributed by atoms with Crippen molar-refractivity contribution in [1.29, 1.82) is 0 Å². The van der Waals surface area contributed by atoms with Crippen LogP contribution < -0.4 is 10.6 Å². The minimum Gasteiger partial charge on any atom is -0.352 e. The zero-order chi connectivity index (χ0) is 14.5. The smallest absolute Gasteiger partial charge is 0.272 e. The van der Waals surface area contributed by atoms with E-state index in [9.17, 15) is 19.3 Å². The van der Waals surface area contributed by atoms with E-state index in [2.05, 4.69) is 10.6 Å². The molecule has 7 heteroatoms.